The van der Waals surface area contributed by atoms with E-state index in [9.17, 15) is 0 Å². The second-order valence-corrected chi connectivity index (χ2v) is 32.5. The minimum absolute atomic E-state index is 0.619. The predicted octanol–water partition coefficient (Wildman–Crippen LogP) is 30.5. The van der Waals surface area contributed by atoms with E-state index in [2.05, 4.69) is 231 Å². The molecule has 612 valence electrons. The van der Waals surface area contributed by atoms with Crippen LogP contribution in [-0.2, 0) is 0 Å². The van der Waals surface area contributed by atoms with Gasteiger partial charge in [0.15, 0.2) is 45.9 Å². The first-order valence-corrected chi connectivity index (χ1v) is 43.5. The van der Waals surface area contributed by atoms with Gasteiger partial charge in [0.05, 0.1) is 22.8 Å². The Bertz CT molecular complexity index is 8370. The van der Waals surface area contributed by atoms with Crippen LogP contribution in [0.3, 0.4) is 0 Å². The molecule has 13 heteroatoms. The maximum atomic E-state index is 6.45. The van der Waals surface area contributed by atoms with E-state index < -0.39 is 0 Å². The number of rotatable bonds is 12. The number of aromatic nitrogens is 10. The van der Waals surface area contributed by atoms with Gasteiger partial charge in [0.25, 0.3) is 0 Å². The Morgan fingerprint density at radius 2 is 0.366 bits per heavy atom. The van der Waals surface area contributed by atoms with Gasteiger partial charge in [0.1, 0.15) is 16.6 Å². The first-order chi connectivity index (χ1) is 64.8. The van der Waals surface area contributed by atoms with E-state index in [0.29, 0.717) is 46.8 Å². The molecule has 26 aromatic rings. The summed E-state index contributed by atoms with van der Waals surface area (Å²) in [6, 6.07) is 149. The van der Waals surface area contributed by atoms with Crippen LogP contribution >= 0.6 is 0 Å². The lowest BCUT2D eigenvalue weighted by Crippen LogP contribution is -2.00. The molecule has 0 bridgehead atoms. The zero-order chi connectivity index (χ0) is 86.7. The highest BCUT2D eigenvalue weighted by Crippen LogP contribution is 2.43. The molecule has 13 nitrogen and oxygen atoms in total. The third-order valence-corrected chi connectivity index (χ3v) is 24.3. The topological polar surface area (TPSA) is 168 Å². The molecule has 131 heavy (non-hydrogen) atoms. The minimum Gasteiger partial charge on any atom is -0.435 e. The quantitative estimate of drug-likeness (QED) is 0.106. The van der Waals surface area contributed by atoms with Crippen molar-refractivity contribution in [2.75, 3.05) is 0 Å². The number of fused-ring (bicyclic) bond motifs is 17. The van der Waals surface area contributed by atoms with Crippen molar-refractivity contribution in [1.82, 2.24) is 49.8 Å². The van der Waals surface area contributed by atoms with Gasteiger partial charge in [0, 0.05) is 82.9 Å². The molecule has 0 aliphatic carbocycles. The maximum absolute atomic E-state index is 6.45. The molecule has 6 heterocycles. The van der Waals surface area contributed by atoms with Crippen molar-refractivity contribution in [3.63, 3.8) is 0 Å². The largest absolute Gasteiger partial charge is 0.435 e. The summed E-state index contributed by atoms with van der Waals surface area (Å²) in [4.78, 5) is 49.5. The Kier molecular flexibility index (Phi) is 19.2. The van der Waals surface area contributed by atoms with Gasteiger partial charge >= 0.3 is 0 Å². The smallest absolute Gasteiger partial charge is 0.227 e. The molecule has 0 radical (unpaired) electrons. The van der Waals surface area contributed by atoms with Gasteiger partial charge in [-0.2, -0.15) is 0 Å². The average molecular weight is 1680 g/mol. The van der Waals surface area contributed by atoms with Gasteiger partial charge in [-0.05, 0) is 167 Å². The van der Waals surface area contributed by atoms with Gasteiger partial charge in [-0.1, -0.05) is 340 Å². The van der Waals surface area contributed by atoms with Crippen LogP contribution < -0.4 is 0 Å². The highest BCUT2D eigenvalue weighted by Gasteiger charge is 2.23. The van der Waals surface area contributed by atoms with Crippen LogP contribution in [0.2, 0.25) is 0 Å². The molecule has 26 rings (SSSR count). The molecule has 0 saturated heterocycles. The Labute approximate surface area is 750 Å². The molecular weight excluding hydrogens is 1610 g/mol. The third kappa shape index (κ3) is 14.8. The van der Waals surface area contributed by atoms with E-state index in [1.807, 2.05) is 206 Å². The highest BCUT2D eigenvalue weighted by molar-refractivity contribution is 6.21. The van der Waals surface area contributed by atoms with E-state index in [4.69, 9.17) is 63.1 Å². The number of hydrogen-bond acceptors (Lipinski definition) is 13. The molecule has 0 amide bonds. The Morgan fingerprint density at radius 3 is 0.687 bits per heavy atom. The van der Waals surface area contributed by atoms with E-state index in [1.165, 1.54) is 21.5 Å². The van der Waals surface area contributed by atoms with Crippen LogP contribution in [0, 0.1) is 0 Å². The second kappa shape index (κ2) is 32.9. The molecule has 0 N–H and O–H groups in total. The normalized spacial score (nSPS) is 11.5. The van der Waals surface area contributed by atoms with Gasteiger partial charge in [-0.25, -0.2) is 49.8 Å². The maximum Gasteiger partial charge on any atom is 0.227 e. The zero-order valence-corrected chi connectivity index (χ0v) is 70.3. The Morgan fingerprint density at radius 1 is 0.137 bits per heavy atom. The first kappa shape index (κ1) is 76.7. The molecule has 6 aromatic heterocycles. The van der Waals surface area contributed by atoms with Gasteiger partial charge < -0.3 is 13.3 Å². The summed E-state index contributed by atoms with van der Waals surface area (Å²) in [5.41, 5.74) is 20.3. The molecule has 0 fully saturated rings. The summed E-state index contributed by atoms with van der Waals surface area (Å²) < 4.78 is 19.2. The lowest BCUT2D eigenvalue weighted by molar-refractivity contribution is 0.623. The SMILES string of the molecule is c1ccc(-c2cc(-c3ccccc3)nc(-c3ccc4c(ccc5ccc6nc(-c7ccccc7)oc6c54)c3)n2)cc1.c1ccc(-c2nc(-c3ccccc3)nc(-c3ccc4c(ccc5ccc6nc(-c7ccccc7)oc6c54)c3)n2)cc1.c1ccc(-c2nc3ccc4ccc5cc(-c6nc(-c7ccc8ccccc8c7)cc(-c7ccc8ccccc8c7)n6)ccc5c4c3o2)cc1. The number of nitrogens with zero attached hydrogens (tertiary/aromatic N) is 10. The van der Waals surface area contributed by atoms with Crippen molar-refractivity contribution in [2.45, 2.75) is 0 Å². The monoisotopic (exact) mass is 1680 g/mol. The standard InChI is InChI=1S/C45H27N3O.C37H23N3O.C36H22N4O/c1-2-10-31(11-3-1)45-48-39-23-21-30-16-17-34-26-37(20-22-38(34)42(30)43(39)49-45)44-46-40(35-18-14-28-8-4-6-12-32(28)24-35)27-41(47-44)36-19-15-29-9-5-7-13-33(29)25-36;1-4-10-24(11-5-1)32-23-33(25-12-6-2-7-13-25)39-36(38-32)29-18-20-30-28(22-29)17-16-26-19-21-31-35(34(26)30)41-37(40-31)27-14-8-3-9-15-27;1-4-10-24(11-5-1)33-38-34(25-12-6-2-7-13-25)40-35(39-33)28-18-20-29-27(22-28)17-16-23-19-21-30-32(31(23)29)41-36(37-30)26-14-8-3-9-15-26/h1-27H;1-23H;1-22H. The summed E-state index contributed by atoms with van der Waals surface area (Å²) >= 11 is 0. The first-order valence-electron chi connectivity index (χ1n) is 43.5. The van der Waals surface area contributed by atoms with Crippen molar-refractivity contribution in [3.05, 3.63) is 437 Å². The van der Waals surface area contributed by atoms with Crippen LogP contribution in [0.15, 0.2) is 450 Å². The fraction of sp³-hybridized carbons (Fsp3) is 0. The van der Waals surface area contributed by atoms with Crippen LogP contribution in [0.5, 0.6) is 0 Å². The number of hydrogen-bond donors (Lipinski definition) is 0. The van der Waals surface area contributed by atoms with E-state index in [0.717, 1.165) is 187 Å². The second-order valence-electron chi connectivity index (χ2n) is 32.5. The lowest BCUT2D eigenvalue weighted by Gasteiger charge is -2.12. The van der Waals surface area contributed by atoms with E-state index in [1.54, 1.807) is 0 Å². The Balaban J connectivity index is 0.000000109. The Hall–Kier alpha value is -17.9. The summed E-state index contributed by atoms with van der Waals surface area (Å²) in [7, 11) is 0. The van der Waals surface area contributed by atoms with E-state index in [-0.39, 0.29) is 0 Å². The number of benzene rings is 20. The molecule has 20 aromatic carbocycles. The summed E-state index contributed by atoms with van der Waals surface area (Å²) in [5.74, 6) is 5.15. The summed E-state index contributed by atoms with van der Waals surface area (Å²) in [5, 5.41) is 17.8. The van der Waals surface area contributed by atoms with Crippen LogP contribution in [0.25, 0.3) is 256 Å². The van der Waals surface area contributed by atoms with Crippen LogP contribution in [-0.4, -0.2) is 49.8 Å². The summed E-state index contributed by atoms with van der Waals surface area (Å²) in [6.07, 6.45) is 0. The van der Waals surface area contributed by atoms with Crippen molar-refractivity contribution in [1.29, 1.82) is 0 Å². The fourth-order valence-corrected chi connectivity index (χ4v) is 17.7. The van der Waals surface area contributed by atoms with Crippen LogP contribution in [0.4, 0.5) is 0 Å². The molecule has 0 aliphatic rings. The summed E-state index contributed by atoms with van der Waals surface area (Å²) in [6.45, 7) is 0. The lowest BCUT2D eigenvalue weighted by atomic mass is 9.98. The molecule has 0 unspecified atom stereocenters. The average Bonchev–Trinajstić information content (AvgIpc) is 1.67. The zero-order valence-electron chi connectivity index (χ0n) is 70.3. The fourth-order valence-electron chi connectivity index (χ4n) is 17.7. The third-order valence-electron chi connectivity index (χ3n) is 24.3. The predicted molar refractivity (Wildman–Crippen MR) is 532 cm³/mol. The van der Waals surface area contributed by atoms with Gasteiger partial charge in [-0.15, -0.1) is 0 Å². The van der Waals surface area contributed by atoms with Crippen molar-refractivity contribution in [3.8, 4) is 136 Å². The molecule has 0 atom stereocenters. The highest BCUT2D eigenvalue weighted by atomic mass is 16.4. The van der Waals surface area contributed by atoms with Crippen molar-refractivity contribution >= 4 is 119 Å². The van der Waals surface area contributed by atoms with Gasteiger partial charge in [0.2, 0.25) is 17.7 Å². The van der Waals surface area contributed by atoms with Crippen molar-refractivity contribution < 1.29 is 13.3 Å². The number of oxazole rings is 3. The van der Waals surface area contributed by atoms with Gasteiger partial charge in [-0.3, -0.25) is 0 Å². The molecular formula is C118H72N10O3. The van der Waals surface area contributed by atoms with E-state index >= 15 is 0 Å². The van der Waals surface area contributed by atoms with Crippen LogP contribution in [0.1, 0.15) is 0 Å². The molecule has 0 saturated carbocycles. The molecule has 0 aliphatic heterocycles. The minimum atomic E-state index is 0.619. The molecule has 0 spiro atoms. The van der Waals surface area contributed by atoms with Crippen molar-refractivity contribution in [2.24, 2.45) is 0 Å².